The molecule has 0 aromatic carbocycles. The average Bonchev–Trinajstić information content (AvgIpc) is 2.70. The number of aliphatic hydroxyl groups excluding tert-OH is 1. The van der Waals surface area contributed by atoms with E-state index in [1.165, 1.54) is 19.3 Å². The van der Waals surface area contributed by atoms with Gasteiger partial charge in [-0.3, -0.25) is 14.4 Å². The first-order valence-corrected chi connectivity index (χ1v) is 11.0. The summed E-state index contributed by atoms with van der Waals surface area (Å²) in [5.41, 5.74) is 0. The van der Waals surface area contributed by atoms with E-state index in [1.807, 2.05) is 0 Å². The summed E-state index contributed by atoms with van der Waals surface area (Å²) < 4.78 is 10.2. The van der Waals surface area contributed by atoms with Crippen molar-refractivity contribution >= 4 is 17.7 Å². The van der Waals surface area contributed by atoms with E-state index in [-0.39, 0.29) is 24.9 Å². The van der Waals surface area contributed by atoms with Crippen molar-refractivity contribution in [1.82, 2.24) is 0 Å². The fraction of sp³-hybridized carbons (Fsp3) is 0.864. The number of ether oxygens (including phenoxy) is 2. The van der Waals surface area contributed by atoms with Crippen LogP contribution in [0, 0.1) is 5.92 Å². The van der Waals surface area contributed by atoms with Crippen LogP contribution in [0.3, 0.4) is 0 Å². The highest BCUT2D eigenvalue weighted by Gasteiger charge is 2.18. The van der Waals surface area contributed by atoms with E-state index in [1.54, 1.807) is 0 Å². The number of unbranched alkanes of at least 4 members (excludes halogenated alkanes) is 7. The molecule has 0 fully saturated rings. The SMILES string of the molecule is CCCCCCC(CCCC)C(=O)OCCCCCCC(=O)OCC(=O)CO. The highest BCUT2D eigenvalue weighted by Crippen LogP contribution is 2.19. The van der Waals surface area contributed by atoms with E-state index in [9.17, 15) is 14.4 Å². The maximum absolute atomic E-state index is 12.3. The zero-order chi connectivity index (χ0) is 21.0. The van der Waals surface area contributed by atoms with Gasteiger partial charge in [0, 0.05) is 6.42 Å². The van der Waals surface area contributed by atoms with Crippen LogP contribution in [0.25, 0.3) is 0 Å². The van der Waals surface area contributed by atoms with Crippen LogP contribution < -0.4 is 0 Å². The molecule has 1 atom stereocenters. The number of aliphatic hydroxyl groups is 1. The number of esters is 2. The fourth-order valence-corrected chi connectivity index (χ4v) is 2.94. The molecular weight excluding hydrogens is 360 g/mol. The second-order valence-corrected chi connectivity index (χ2v) is 7.38. The Balaban J connectivity index is 3.80. The van der Waals surface area contributed by atoms with E-state index in [0.717, 1.165) is 51.4 Å². The summed E-state index contributed by atoms with van der Waals surface area (Å²) in [6, 6.07) is 0. The minimum absolute atomic E-state index is 0.0354. The van der Waals surface area contributed by atoms with Crippen molar-refractivity contribution in [2.45, 2.75) is 97.3 Å². The van der Waals surface area contributed by atoms with Gasteiger partial charge >= 0.3 is 11.9 Å². The number of carbonyl (C=O) groups is 3. The van der Waals surface area contributed by atoms with Crippen molar-refractivity contribution in [3.05, 3.63) is 0 Å². The highest BCUT2D eigenvalue weighted by atomic mass is 16.5. The molecule has 0 rings (SSSR count). The maximum Gasteiger partial charge on any atom is 0.308 e. The number of hydrogen-bond donors (Lipinski definition) is 1. The molecule has 0 aliphatic carbocycles. The summed E-state index contributed by atoms with van der Waals surface area (Å²) in [5.74, 6) is -0.942. The van der Waals surface area contributed by atoms with Crippen LogP contribution >= 0.6 is 0 Å². The van der Waals surface area contributed by atoms with Crippen molar-refractivity contribution in [1.29, 1.82) is 0 Å². The molecule has 0 aliphatic heterocycles. The molecule has 0 aromatic rings. The van der Waals surface area contributed by atoms with Crippen LogP contribution in [-0.2, 0) is 23.9 Å². The first-order chi connectivity index (χ1) is 13.5. The van der Waals surface area contributed by atoms with Crippen LogP contribution in [0.4, 0.5) is 0 Å². The van der Waals surface area contributed by atoms with Crippen molar-refractivity contribution in [2.75, 3.05) is 19.8 Å². The van der Waals surface area contributed by atoms with Crippen LogP contribution in [0.1, 0.15) is 97.3 Å². The Morgan fingerprint density at radius 3 is 2.11 bits per heavy atom. The minimum Gasteiger partial charge on any atom is -0.465 e. The van der Waals surface area contributed by atoms with E-state index >= 15 is 0 Å². The van der Waals surface area contributed by atoms with Crippen molar-refractivity contribution in [2.24, 2.45) is 5.92 Å². The molecular formula is C22H40O6. The molecule has 0 aliphatic rings. The van der Waals surface area contributed by atoms with Gasteiger partial charge in [-0.1, -0.05) is 65.2 Å². The molecule has 0 saturated carbocycles. The van der Waals surface area contributed by atoms with Gasteiger partial charge in [0.15, 0.2) is 12.4 Å². The van der Waals surface area contributed by atoms with E-state index < -0.39 is 18.4 Å². The Labute approximate surface area is 170 Å². The van der Waals surface area contributed by atoms with Gasteiger partial charge < -0.3 is 14.6 Å². The second kappa shape index (κ2) is 18.9. The summed E-state index contributed by atoms with van der Waals surface area (Å²) in [5, 5.41) is 8.55. The Morgan fingerprint density at radius 1 is 0.786 bits per heavy atom. The molecule has 1 N–H and O–H groups in total. The number of carbonyl (C=O) groups excluding carboxylic acids is 3. The monoisotopic (exact) mass is 400 g/mol. The van der Waals surface area contributed by atoms with Crippen molar-refractivity contribution in [3.63, 3.8) is 0 Å². The zero-order valence-electron chi connectivity index (χ0n) is 17.9. The van der Waals surface area contributed by atoms with Gasteiger partial charge in [-0.2, -0.15) is 0 Å². The summed E-state index contributed by atoms with van der Waals surface area (Å²) in [6.45, 7) is 3.79. The highest BCUT2D eigenvalue weighted by molar-refractivity contribution is 5.83. The molecule has 6 heteroatoms. The first-order valence-electron chi connectivity index (χ1n) is 11.0. The molecule has 28 heavy (non-hydrogen) atoms. The van der Waals surface area contributed by atoms with Crippen molar-refractivity contribution in [3.8, 4) is 0 Å². The Morgan fingerprint density at radius 2 is 1.43 bits per heavy atom. The lowest BCUT2D eigenvalue weighted by molar-refractivity contribution is -0.149. The predicted molar refractivity (Wildman–Crippen MR) is 109 cm³/mol. The standard InChI is InChI=1S/C22H40O6/c1-3-5-7-10-14-19(13-6-4-2)22(26)27-16-12-9-8-11-15-21(25)28-18-20(24)17-23/h19,23H,3-18H2,1-2H3. The molecule has 164 valence electrons. The normalized spacial score (nSPS) is 11.8. The first kappa shape index (κ1) is 26.6. The lowest BCUT2D eigenvalue weighted by Gasteiger charge is -2.15. The van der Waals surface area contributed by atoms with E-state index in [4.69, 9.17) is 14.6 Å². The van der Waals surface area contributed by atoms with E-state index in [0.29, 0.717) is 13.0 Å². The third-order valence-corrected chi connectivity index (χ3v) is 4.74. The van der Waals surface area contributed by atoms with Crippen LogP contribution in [-0.4, -0.2) is 42.6 Å². The Hall–Kier alpha value is -1.43. The Bertz CT molecular complexity index is 421. The molecule has 6 nitrogen and oxygen atoms in total. The number of Topliss-reactive ketones (excluding diaryl/α,β-unsaturated/α-hetero) is 1. The van der Waals surface area contributed by atoms with Crippen LogP contribution in [0.2, 0.25) is 0 Å². The van der Waals surface area contributed by atoms with E-state index in [2.05, 4.69) is 13.8 Å². The topological polar surface area (TPSA) is 89.9 Å². The molecule has 0 bridgehead atoms. The lowest BCUT2D eigenvalue weighted by Crippen LogP contribution is -2.18. The molecule has 0 amide bonds. The fourth-order valence-electron chi connectivity index (χ4n) is 2.94. The largest absolute Gasteiger partial charge is 0.465 e. The number of hydrogen-bond acceptors (Lipinski definition) is 6. The quantitative estimate of drug-likeness (QED) is 0.256. The van der Waals surface area contributed by atoms with Crippen LogP contribution in [0.5, 0.6) is 0 Å². The molecule has 0 radical (unpaired) electrons. The van der Waals surface area contributed by atoms with Gasteiger partial charge in [-0.25, -0.2) is 0 Å². The summed E-state index contributed by atoms with van der Waals surface area (Å²) in [4.78, 5) is 34.6. The van der Waals surface area contributed by atoms with Crippen LogP contribution in [0.15, 0.2) is 0 Å². The van der Waals surface area contributed by atoms with Gasteiger partial charge in [0.05, 0.1) is 12.5 Å². The predicted octanol–water partition coefficient (Wildman–Crippen LogP) is 4.36. The molecule has 0 saturated heterocycles. The molecule has 0 aromatic heterocycles. The minimum atomic E-state index is -0.607. The third-order valence-electron chi connectivity index (χ3n) is 4.74. The Kier molecular flexibility index (Phi) is 17.9. The number of ketones is 1. The maximum atomic E-state index is 12.3. The van der Waals surface area contributed by atoms with Gasteiger partial charge in [-0.15, -0.1) is 0 Å². The average molecular weight is 401 g/mol. The summed E-state index contributed by atoms with van der Waals surface area (Å²) >= 11 is 0. The van der Waals surface area contributed by atoms with Gasteiger partial charge in [0.25, 0.3) is 0 Å². The summed E-state index contributed by atoms with van der Waals surface area (Å²) in [7, 11) is 0. The molecule has 0 spiro atoms. The second-order valence-electron chi connectivity index (χ2n) is 7.38. The van der Waals surface area contributed by atoms with Gasteiger partial charge in [-0.05, 0) is 25.7 Å². The third kappa shape index (κ3) is 15.6. The lowest BCUT2D eigenvalue weighted by atomic mass is 9.95. The summed E-state index contributed by atoms with van der Waals surface area (Å²) in [6.07, 6.45) is 12.2. The zero-order valence-corrected chi connectivity index (χ0v) is 17.9. The van der Waals surface area contributed by atoms with Crippen molar-refractivity contribution < 1.29 is 29.0 Å². The molecule has 1 unspecified atom stereocenters. The molecule has 0 heterocycles. The smallest absolute Gasteiger partial charge is 0.308 e. The van der Waals surface area contributed by atoms with Gasteiger partial charge in [0.2, 0.25) is 0 Å². The number of rotatable bonds is 19. The van der Waals surface area contributed by atoms with Gasteiger partial charge in [0.1, 0.15) is 6.61 Å².